The molecule has 0 heteroatoms. The van der Waals surface area contributed by atoms with E-state index >= 15 is 0 Å². The maximum Gasteiger partial charge on any atom is -0.0100 e. The molecule has 2 aromatic carbocycles. The van der Waals surface area contributed by atoms with Gasteiger partial charge < -0.3 is 0 Å². The molecule has 0 heterocycles. The molecule has 126 valence electrons. The molecule has 0 fully saturated rings. The van der Waals surface area contributed by atoms with Crippen LogP contribution in [-0.4, -0.2) is 0 Å². The average molecular weight is 319 g/mol. The van der Waals surface area contributed by atoms with Crippen LogP contribution in [0.4, 0.5) is 0 Å². The van der Waals surface area contributed by atoms with Crippen LogP contribution in [0.3, 0.4) is 0 Å². The average Bonchev–Trinajstić information content (AvgIpc) is 2.58. The third-order valence-electron chi connectivity index (χ3n) is 5.74. The first-order valence-corrected chi connectivity index (χ1v) is 9.24. The normalized spacial score (nSPS) is 19.0. The Kier molecular flexibility index (Phi) is 4.42. The van der Waals surface area contributed by atoms with Gasteiger partial charge in [-0.2, -0.15) is 0 Å². The molecule has 0 aromatic heterocycles. The zero-order chi connectivity index (χ0) is 17.4. The first kappa shape index (κ1) is 17.0. The second-order valence-electron chi connectivity index (χ2n) is 8.46. The fourth-order valence-corrected chi connectivity index (χ4v) is 3.94. The zero-order valence-electron chi connectivity index (χ0n) is 15.8. The van der Waals surface area contributed by atoms with Crippen molar-refractivity contribution in [1.29, 1.82) is 0 Å². The molecule has 0 aliphatic heterocycles. The third-order valence-corrected chi connectivity index (χ3v) is 5.74. The predicted octanol–water partition coefficient (Wildman–Crippen LogP) is 6.99. The van der Waals surface area contributed by atoms with E-state index in [9.17, 15) is 0 Å². The summed E-state index contributed by atoms with van der Waals surface area (Å²) in [5.41, 5.74) is 7.71. The number of hydrogen-bond donors (Lipinski definition) is 0. The summed E-state index contributed by atoms with van der Waals surface area (Å²) in [5, 5.41) is 0. The van der Waals surface area contributed by atoms with Crippen molar-refractivity contribution in [3.05, 3.63) is 70.8 Å². The van der Waals surface area contributed by atoms with Crippen molar-refractivity contribution >= 4 is 11.6 Å². The van der Waals surface area contributed by atoms with Crippen molar-refractivity contribution in [2.45, 2.75) is 64.7 Å². The molecule has 0 spiro atoms. The first-order valence-electron chi connectivity index (χ1n) is 9.24. The van der Waals surface area contributed by atoms with Crippen molar-refractivity contribution in [1.82, 2.24) is 0 Å². The summed E-state index contributed by atoms with van der Waals surface area (Å²) in [6, 6.07) is 17.9. The van der Waals surface area contributed by atoms with Gasteiger partial charge in [-0.1, -0.05) is 89.2 Å². The number of hydrogen-bond acceptors (Lipinski definition) is 0. The van der Waals surface area contributed by atoms with Crippen molar-refractivity contribution in [3.8, 4) is 0 Å². The molecular formula is C24H30. The highest BCUT2D eigenvalue weighted by molar-refractivity contribution is 5.81. The summed E-state index contributed by atoms with van der Waals surface area (Å²) in [4.78, 5) is 0. The molecule has 0 saturated heterocycles. The van der Waals surface area contributed by atoms with Gasteiger partial charge in [0.2, 0.25) is 0 Å². The molecule has 1 aliphatic carbocycles. The lowest BCUT2D eigenvalue weighted by Crippen LogP contribution is -2.33. The van der Waals surface area contributed by atoms with Gasteiger partial charge in [0.1, 0.15) is 0 Å². The van der Waals surface area contributed by atoms with Crippen LogP contribution in [0.1, 0.15) is 76.1 Å². The van der Waals surface area contributed by atoms with E-state index in [2.05, 4.69) is 89.2 Å². The van der Waals surface area contributed by atoms with Gasteiger partial charge in [-0.3, -0.25) is 0 Å². The van der Waals surface area contributed by atoms with Crippen LogP contribution < -0.4 is 0 Å². The molecule has 0 amide bonds. The van der Waals surface area contributed by atoms with E-state index in [1.807, 2.05) is 0 Å². The predicted molar refractivity (Wildman–Crippen MR) is 106 cm³/mol. The fraction of sp³-hybridized carbons (Fsp3) is 0.417. The van der Waals surface area contributed by atoms with Crippen molar-refractivity contribution in [2.75, 3.05) is 0 Å². The SMILES string of the molecule is CCC(=Cc1ccc2c(c1)C(C)(C)CCC2(C)C)c1ccccc1. The topological polar surface area (TPSA) is 0 Å². The molecular weight excluding hydrogens is 288 g/mol. The van der Waals surface area contributed by atoms with E-state index < -0.39 is 0 Å². The van der Waals surface area contributed by atoms with E-state index in [0.29, 0.717) is 5.41 Å². The van der Waals surface area contributed by atoms with Gasteiger partial charge in [0.25, 0.3) is 0 Å². The van der Waals surface area contributed by atoms with E-state index in [4.69, 9.17) is 0 Å². The quantitative estimate of drug-likeness (QED) is 0.535. The minimum absolute atomic E-state index is 0.272. The molecule has 1 aliphatic rings. The van der Waals surface area contributed by atoms with Gasteiger partial charge in [0.05, 0.1) is 0 Å². The van der Waals surface area contributed by atoms with Crippen molar-refractivity contribution < 1.29 is 0 Å². The molecule has 0 nitrogen and oxygen atoms in total. The molecule has 0 N–H and O–H groups in total. The molecule has 24 heavy (non-hydrogen) atoms. The third kappa shape index (κ3) is 3.20. The highest BCUT2D eigenvalue weighted by Crippen LogP contribution is 2.46. The summed E-state index contributed by atoms with van der Waals surface area (Å²) < 4.78 is 0. The fourth-order valence-electron chi connectivity index (χ4n) is 3.94. The minimum Gasteiger partial charge on any atom is -0.0622 e. The Bertz CT molecular complexity index is 745. The first-order chi connectivity index (χ1) is 11.3. The summed E-state index contributed by atoms with van der Waals surface area (Å²) in [6.07, 6.45) is 5.95. The van der Waals surface area contributed by atoms with Crippen LogP contribution in [0.5, 0.6) is 0 Å². The maximum absolute atomic E-state index is 2.44. The standard InChI is InChI=1S/C24H30/c1-6-19(20-10-8-7-9-11-20)16-18-12-13-21-22(17-18)24(4,5)15-14-23(21,2)3/h7-13,16-17H,6,14-15H2,1-5H3. The lowest BCUT2D eigenvalue weighted by atomic mass is 9.63. The highest BCUT2D eigenvalue weighted by Gasteiger charge is 2.36. The van der Waals surface area contributed by atoms with Gasteiger partial charge in [-0.05, 0) is 57.9 Å². The maximum atomic E-state index is 2.44. The van der Waals surface area contributed by atoms with Gasteiger partial charge in [0.15, 0.2) is 0 Å². The summed E-state index contributed by atoms with van der Waals surface area (Å²) >= 11 is 0. The van der Waals surface area contributed by atoms with E-state index in [1.165, 1.54) is 40.7 Å². The lowest BCUT2D eigenvalue weighted by molar-refractivity contribution is 0.332. The Morgan fingerprint density at radius 2 is 1.50 bits per heavy atom. The number of benzene rings is 2. The molecule has 0 radical (unpaired) electrons. The van der Waals surface area contributed by atoms with Gasteiger partial charge in [-0.25, -0.2) is 0 Å². The van der Waals surface area contributed by atoms with Crippen LogP contribution in [-0.2, 0) is 10.8 Å². The molecule has 0 saturated carbocycles. The number of allylic oxidation sites excluding steroid dienone is 1. The number of rotatable bonds is 3. The van der Waals surface area contributed by atoms with Crippen molar-refractivity contribution in [3.63, 3.8) is 0 Å². The second-order valence-corrected chi connectivity index (χ2v) is 8.46. The lowest BCUT2D eigenvalue weighted by Gasteiger charge is -2.42. The van der Waals surface area contributed by atoms with Crippen LogP contribution >= 0.6 is 0 Å². The Morgan fingerprint density at radius 1 is 0.875 bits per heavy atom. The summed E-state index contributed by atoms with van der Waals surface area (Å²) in [5.74, 6) is 0. The molecule has 3 rings (SSSR count). The van der Waals surface area contributed by atoms with Crippen LogP contribution in [0.25, 0.3) is 11.6 Å². The van der Waals surface area contributed by atoms with Gasteiger partial charge in [0, 0.05) is 0 Å². The highest BCUT2D eigenvalue weighted by atomic mass is 14.4. The summed E-state index contributed by atoms with van der Waals surface area (Å²) in [7, 11) is 0. The van der Waals surface area contributed by atoms with Gasteiger partial charge in [-0.15, -0.1) is 0 Å². The van der Waals surface area contributed by atoms with Crippen LogP contribution in [0.2, 0.25) is 0 Å². The molecule has 0 bridgehead atoms. The largest absolute Gasteiger partial charge is 0.0622 e. The molecule has 2 aromatic rings. The van der Waals surface area contributed by atoms with E-state index in [0.717, 1.165) is 6.42 Å². The molecule has 0 atom stereocenters. The Labute approximate surface area is 147 Å². The van der Waals surface area contributed by atoms with Crippen molar-refractivity contribution in [2.24, 2.45) is 0 Å². The smallest absolute Gasteiger partial charge is 0.0100 e. The second kappa shape index (κ2) is 6.24. The zero-order valence-corrected chi connectivity index (χ0v) is 15.8. The Balaban J connectivity index is 2.06. The molecule has 0 unspecified atom stereocenters. The number of fused-ring (bicyclic) bond motifs is 1. The Hall–Kier alpha value is -1.82. The van der Waals surface area contributed by atoms with Crippen LogP contribution in [0.15, 0.2) is 48.5 Å². The van der Waals surface area contributed by atoms with E-state index in [-0.39, 0.29) is 5.41 Å². The van der Waals surface area contributed by atoms with Crippen LogP contribution in [0, 0.1) is 0 Å². The monoisotopic (exact) mass is 318 g/mol. The summed E-state index contributed by atoms with van der Waals surface area (Å²) in [6.45, 7) is 11.8. The Morgan fingerprint density at radius 3 is 2.12 bits per heavy atom. The van der Waals surface area contributed by atoms with E-state index in [1.54, 1.807) is 0 Å². The van der Waals surface area contributed by atoms with Gasteiger partial charge >= 0.3 is 0 Å². The minimum atomic E-state index is 0.272.